The molecule has 1 aromatic carbocycles. The predicted molar refractivity (Wildman–Crippen MR) is 63.9 cm³/mol. The van der Waals surface area contributed by atoms with Crippen LogP contribution in [0.4, 0.5) is 8.78 Å². The summed E-state index contributed by atoms with van der Waals surface area (Å²) in [6.45, 7) is -0.617. The molecule has 0 saturated heterocycles. The highest BCUT2D eigenvalue weighted by Gasteiger charge is 2.24. The van der Waals surface area contributed by atoms with Crippen LogP contribution in [0.2, 0.25) is 0 Å². The molecule has 0 unspecified atom stereocenters. The van der Waals surface area contributed by atoms with Gasteiger partial charge in [-0.25, -0.2) is 0 Å². The number of para-hydroxylation sites is 1. The summed E-state index contributed by atoms with van der Waals surface area (Å²) in [6.07, 6.45) is 2.27. The summed E-state index contributed by atoms with van der Waals surface area (Å²) in [5.74, 6) is 0.948. The molecular formula is C13H17F2NO2. The Morgan fingerprint density at radius 2 is 2.11 bits per heavy atom. The summed E-state index contributed by atoms with van der Waals surface area (Å²) in [4.78, 5) is 0. The molecule has 18 heavy (non-hydrogen) atoms. The number of hydrogen-bond donors (Lipinski definition) is 1. The zero-order chi connectivity index (χ0) is 13.1. The topological polar surface area (TPSA) is 44.5 Å². The molecule has 0 spiro atoms. The van der Waals surface area contributed by atoms with E-state index in [1.165, 1.54) is 0 Å². The fourth-order valence-electron chi connectivity index (χ4n) is 1.71. The average Bonchev–Trinajstić information content (AvgIpc) is 3.10. The van der Waals surface area contributed by atoms with Gasteiger partial charge in [0.25, 0.3) is 0 Å². The Labute approximate surface area is 105 Å². The van der Waals surface area contributed by atoms with E-state index in [0.717, 1.165) is 12.8 Å². The first-order chi connectivity index (χ1) is 8.58. The van der Waals surface area contributed by atoms with Crippen LogP contribution in [0.25, 0.3) is 0 Å². The van der Waals surface area contributed by atoms with Gasteiger partial charge in [0.2, 0.25) is 0 Å². The van der Waals surface area contributed by atoms with E-state index < -0.39 is 6.61 Å². The van der Waals surface area contributed by atoms with E-state index in [1.807, 2.05) is 0 Å². The molecule has 0 bridgehead atoms. The number of rotatable bonds is 6. The third-order valence-electron chi connectivity index (χ3n) is 2.88. The van der Waals surface area contributed by atoms with Crippen molar-refractivity contribution in [3.05, 3.63) is 23.8 Å². The van der Waals surface area contributed by atoms with Crippen LogP contribution in [0.3, 0.4) is 0 Å². The molecule has 1 aromatic rings. The lowest BCUT2D eigenvalue weighted by molar-refractivity contribution is -0.0523. The molecule has 1 aliphatic rings. The summed E-state index contributed by atoms with van der Waals surface area (Å²) < 4.78 is 35.0. The van der Waals surface area contributed by atoms with Crippen molar-refractivity contribution in [2.24, 2.45) is 11.7 Å². The quantitative estimate of drug-likeness (QED) is 0.851. The average molecular weight is 257 g/mol. The van der Waals surface area contributed by atoms with Crippen LogP contribution in [-0.4, -0.2) is 13.2 Å². The Balaban J connectivity index is 2.21. The Bertz CT molecular complexity index is 406. The van der Waals surface area contributed by atoms with Crippen LogP contribution >= 0.6 is 0 Å². The summed E-state index contributed by atoms with van der Waals surface area (Å²) >= 11 is 0. The molecule has 1 aliphatic carbocycles. The maximum absolute atomic E-state index is 12.4. The molecule has 1 saturated carbocycles. The molecule has 0 radical (unpaired) electrons. The monoisotopic (exact) mass is 257 g/mol. The lowest BCUT2D eigenvalue weighted by Crippen LogP contribution is -2.12. The second-order valence-electron chi connectivity index (χ2n) is 4.60. The van der Waals surface area contributed by atoms with Gasteiger partial charge in [0.1, 0.15) is 0 Å². The highest BCUT2D eigenvalue weighted by Crippen LogP contribution is 2.37. The first-order valence-corrected chi connectivity index (χ1v) is 6.04. The van der Waals surface area contributed by atoms with Gasteiger partial charge >= 0.3 is 6.61 Å². The number of benzene rings is 1. The van der Waals surface area contributed by atoms with E-state index in [0.29, 0.717) is 23.8 Å². The highest BCUT2D eigenvalue weighted by atomic mass is 19.3. The number of nitrogens with two attached hydrogens (primary N) is 1. The molecule has 1 atom stereocenters. The minimum absolute atomic E-state index is 0.0585. The smallest absolute Gasteiger partial charge is 0.387 e. The number of ether oxygens (including phenoxy) is 2. The molecule has 0 amide bonds. The first-order valence-electron chi connectivity index (χ1n) is 6.04. The molecule has 0 heterocycles. The van der Waals surface area contributed by atoms with Crippen molar-refractivity contribution in [1.82, 2.24) is 0 Å². The summed E-state index contributed by atoms with van der Waals surface area (Å²) in [5, 5.41) is 0. The van der Waals surface area contributed by atoms with Gasteiger partial charge in [-0.1, -0.05) is 12.1 Å². The largest absolute Gasteiger partial charge is 0.489 e. The van der Waals surface area contributed by atoms with Crippen LogP contribution in [0, 0.1) is 5.92 Å². The van der Waals surface area contributed by atoms with Crippen molar-refractivity contribution in [3.63, 3.8) is 0 Å². The van der Waals surface area contributed by atoms with Gasteiger partial charge < -0.3 is 15.2 Å². The number of alkyl halides is 2. The van der Waals surface area contributed by atoms with Crippen LogP contribution in [0.5, 0.6) is 11.5 Å². The third-order valence-corrected chi connectivity index (χ3v) is 2.88. The van der Waals surface area contributed by atoms with Gasteiger partial charge in [-0.15, -0.1) is 0 Å². The van der Waals surface area contributed by atoms with E-state index in [4.69, 9.17) is 10.5 Å². The van der Waals surface area contributed by atoms with Gasteiger partial charge in [-0.05, 0) is 31.7 Å². The molecule has 2 rings (SSSR count). The summed E-state index contributed by atoms with van der Waals surface area (Å²) in [7, 11) is 0. The van der Waals surface area contributed by atoms with Crippen LogP contribution in [-0.2, 0) is 0 Å². The maximum atomic E-state index is 12.4. The summed E-state index contributed by atoms with van der Waals surface area (Å²) in [5.41, 5.74) is 6.28. The standard InChI is InChI=1S/C13H17F2NO2/c1-8(16)10-3-2-4-11(12(10)18-13(14)15)17-7-9-5-6-9/h2-4,8-9,13H,5-7,16H2,1H3/t8-/m0/s1. The minimum atomic E-state index is -2.88. The fraction of sp³-hybridized carbons (Fsp3) is 0.538. The van der Waals surface area contributed by atoms with Crippen LogP contribution in [0.1, 0.15) is 31.4 Å². The van der Waals surface area contributed by atoms with Crippen molar-refractivity contribution in [2.75, 3.05) is 6.61 Å². The van der Waals surface area contributed by atoms with Crippen molar-refractivity contribution < 1.29 is 18.3 Å². The summed E-state index contributed by atoms with van der Waals surface area (Å²) in [6, 6.07) is 4.65. The lowest BCUT2D eigenvalue weighted by atomic mass is 10.1. The third kappa shape index (κ3) is 3.32. The number of halogens is 2. The zero-order valence-corrected chi connectivity index (χ0v) is 10.2. The van der Waals surface area contributed by atoms with Crippen LogP contribution < -0.4 is 15.2 Å². The molecular weight excluding hydrogens is 240 g/mol. The van der Waals surface area contributed by atoms with Crippen molar-refractivity contribution in [1.29, 1.82) is 0 Å². The molecule has 0 aromatic heterocycles. The first kappa shape index (κ1) is 13.1. The lowest BCUT2D eigenvalue weighted by Gasteiger charge is -2.17. The van der Waals surface area contributed by atoms with E-state index in [-0.39, 0.29) is 11.8 Å². The van der Waals surface area contributed by atoms with E-state index in [9.17, 15) is 8.78 Å². The van der Waals surface area contributed by atoms with Crippen molar-refractivity contribution in [3.8, 4) is 11.5 Å². The molecule has 5 heteroatoms. The minimum Gasteiger partial charge on any atom is -0.489 e. The van der Waals surface area contributed by atoms with Gasteiger partial charge in [-0.3, -0.25) is 0 Å². The van der Waals surface area contributed by atoms with Crippen LogP contribution in [0.15, 0.2) is 18.2 Å². The Morgan fingerprint density at radius 1 is 1.39 bits per heavy atom. The molecule has 100 valence electrons. The van der Waals surface area contributed by atoms with Gasteiger partial charge in [0, 0.05) is 11.6 Å². The molecule has 3 nitrogen and oxygen atoms in total. The van der Waals surface area contributed by atoms with E-state index in [2.05, 4.69) is 4.74 Å². The molecule has 2 N–H and O–H groups in total. The Kier molecular flexibility index (Phi) is 4.01. The van der Waals surface area contributed by atoms with E-state index >= 15 is 0 Å². The Morgan fingerprint density at radius 3 is 2.67 bits per heavy atom. The van der Waals surface area contributed by atoms with Crippen molar-refractivity contribution in [2.45, 2.75) is 32.4 Å². The molecule has 0 aliphatic heterocycles. The predicted octanol–water partition coefficient (Wildman–Crippen LogP) is 3.10. The Hall–Kier alpha value is -1.36. The van der Waals surface area contributed by atoms with Gasteiger partial charge in [-0.2, -0.15) is 8.78 Å². The van der Waals surface area contributed by atoms with Gasteiger partial charge in [0.05, 0.1) is 6.61 Å². The second-order valence-corrected chi connectivity index (χ2v) is 4.60. The number of hydrogen-bond acceptors (Lipinski definition) is 3. The maximum Gasteiger partial charge on any atom is 0.387 e. The normalized spacial score (nSPS) is 16.7. The van der Waals surface area contributed by atoms with Gasteiger partial charge in [0.15, 0.2) is 11.5 Å². The highest BCUT2D eigenvalue weighted by molar-refractivity contribution is 5.48. The fourth-order valence-corrected chi connectivity index (χ4v) is 1.71. The zero-order valence-electron chi connectivity index (χ0n) is 10.2. The van der Waals surface area contributed by atoms with E-state index in [1.54, 1.807) is 25.1 Å². The second kappa shape index (κ2) is 5.52. The van der Waals surface area contributed by atoms with Crippen molar-refractivity contribution >= 4 is 0 Å². The SMILES string of the molecule is C[C@H](N)c1cccc(OCC2CC2)c1OC(F)F. The molecule has 1 fully saturated rings.